The molecule has 0 spiro atoms. The molecule has 1 unspecified atom stereocenters. The molecule has 5 aliphatic carbocycles. The monoisotopic (exact) mass is 473 g/mol. The van der Waals surface area contributed by atoms with E-state index in [1.54, 1.807) is 0 Å². The molecular formula is C31H39NO3. The number of benzene rings is 1. The van der Waals surface area contributed by atoms with Crippen LogP contribution < -0.4 is 4.74 Å². The molecule has 4 heteroatoms. The van der Waals surface area contributed by atoms with Gasteiger partial charge in [0.1, 0.15) is 6.61 Å². The molecule has 1 heterocycles. The zero-order chi connectivity index (χ0) is 23.8. The van der Waals surface area contributed by atoms with Gasteiger partial charge in [-0.25, -0.2) is 4.98 Å². The van der Waals surface area contributed by atoms with Crippen LogP contribution in [0.3, 0.4) is 0 Å². The number of rotatable bonds is 4. The van der Waals surface area contributed by atoms with E-state index in [4.69, 9.17) is 4.74 Å². The summed E-state index contributed by atoms with van der Waals surface area (Å²) in [7, 11) is 0. The third kappa shape index (κ3) is 3.49. The van der Waals surface area contributed by atoms with Crippen molar-refractivity contribution in [3.05, 3.63) is 36.4 Å². The fourth-order valence-corrected chi connectivity index (χ4v) is 9.78. The summed E-state index contributed by atoms with van der Waals surface area (Å²) in [5.41, 5.74) is 0.723. The zero-order valence-electron chi connectivity index (χ0n) is 21.0. The molecular weight excluding hydrogens is 434 g/mol. The van der Waals surface area contributed by atoms with Crippen molar-refractivity contribution >= 4 is 16.7 Å². The number of aliphatic hydroxyl groups is 1. The molecule has 35 heavy (non-hydrogen) atoms. The minimum Gasteiger partial charge on any atom is -0.470 e. The smallest absolute Gasteiger partial charge is 0.214 e. The summed E-state index contributed by atoms with van der Waals surface area (Å²) in [4.78, 5) is 18.2. The summed E-state index contributed by atoms with van der Waals surface area (Å²) in [5, 5.41) is 11.8. The second-order valence-corrected chi connectivity index (χ2v) is 12.9. The van der Waals surface area contributed by atoms with Crippen molar-refractivity contribution in [2.75, 3.05) is 6.61 Å². The van der Waals surface area contributed by atoms with Crippen LogP contribution in [-0.2, 0) is 4.79 Å². The first-order chi connectivity index (χ1) is 17.0. The molecule has 1 aromatic carbocycles. The minimum absolute atomic E-state index is 0.110. The summed E-state index contributed by atoms with van der Waals surface area (Å²) in [6.07, 6.45) is 11.9. The zero-order valence-corrected chi connectivity index (χ0v) is 21.0. The number of ether oxygens (including phenoxy) is 1. The molecule has 1 aromatic heterocycles. The second-order valence-electron chi connectivity index (χ2n) is 12.9. The summed E-state index contributed by atoms with van der Waals surface area (Å²) >= 11 is 0. The Morgan fingerprint density at radius 3 is 2.57 bits per heavy atom. The number of nitrogens with zero attached hydrogens (tertiary/aromatic N) is 1. The number of hydrogen-bond donors (Lipinski definition) is 1. The van der Waals surface area contributed by atoms with E-state index >= 15 is 0 Å². The second kappa shape index (κ2) is 8.03. The van der Waals surface area contributed by atoms with Gasteiger partial charge in [0.15, 0.2) is 5.78 Å². The van der Waals surface area contributed by atoms with E-state index in [1.807, 2.05) is 36.4 Å². The maximum atomic E-state index is 13.6. The molecule has 9 atom stereocenters. The Labute approximate surface area is 208 Å². The Morgan fingerprint density at radius 2 is 1.71 bits per heavy atom. The van der Waals surface area contributed by atoms with Crippen molar-refractivity contribution < 1.29 is 14.6 Å². The highest BCUT2D eigenvalue weighted by Gasteiger charge is 2.64. The van der Waals surface area contributed by atoms with Crippen LogP contribution in [0.15, 0.2) is 36.4 Å². The van der Waals surface area contributed by atoms with E-state index < -0.39 is 0 Å². The van der Waals surface area contributed by atoms with Gasteiger partial charge in [-0.05, 0) is 111 Å². The predicted octanol–water partition coefficient (Wildman–Crippen LogP) is 6.20. The summed E-state index contributed by atoms with van der Waals surface area (Å²) < 4.78 is 5.97. The fourth-order valence-electron chi connectivity index (χ4n) is 9.78. The molecule has 0 bridgehead atoms. The molecule has 0 amide bonds. The van der Waals surface area contributed by atoms with Gasteiger partial charge in [-0.1, -0.05) is 31.5 Å². The van der Waals surface area contributed by atoms with Crippen molar-refractivity contribution in [1.82, 2.24) is 4.98 Å². The van der Waals surface area contributed by atoms with Gasteiger partial charge in [0, 0.05) is 17.4 Å². The third-order valence-electron chi connectivity index (χ3n) is 11.5. The van der Waals surface area contributed by atoms with Crippen LogP contribution in [0.25, 0.3) is 10.9 Å². The summed E-state index contributed by atoms with van der Waals surface area (Å²) in [6, 6.07) is 11.9. The minimum atomic E-state index is -0.292. The number of fused-ring (bicyclic) bond motifs is 8. The van der Waals surface area contributed by atoms with Gasteiger partial charge in [-0.2, -0.15) is 0 Å². The lowest BCUT2D eigenvalue weighted by molar-refractivity contribution is -0.147. The average molecular weight is 474 g/mol. The molecule has 0 saturated heterocycles. The van der Waals surface area contributed by atoms with E-state index in [0.29, 0.717) is 17.7 Å². The molecule has 5 aliphatic rings. The van der Waals surface area contributed by atoms with Crippen molar-refractivity contribution in [3.63, 3.8) is 0 Å². The number of carbonyl (C=O) groups is 1. The Balaban J connectivity index is 1.06. The Bertz CT molecular complexity index is 1150. The van der Waals surface area contributed by atoms with E-state index in [2.05, 4.69) is 11.9 Å². The number of carbonyl (C=O) groups excluding carboxylic acids is 1. The van der Waals surface area contributed by atoms with Crippen LogP contribution in [0, 0.1) is 46.8 Å². The van der Waals surface area contributed by atoms with Crippen LogP contribution in [0.5, 0.6) is 5.88 Å². The van der Waals surface area contributed by atoms with Crippen molar-refractivity contribution in [1.29, 1.82) is 0 Å². The quantitative estimate of drug-likeness (QED) is 0.574. The number of aromatic nitrogens is 1. The van der Waals surface area contributed by atoms with Gasteiger partial charge in [0.25, 0.3) is 0 Å². The maximum Gasteiger partial charge on any atom is 0.214 e. The molecule has 5 fully saturated rings. The van der Waals surface area contributed by atoms with Crippen LogP contribution in [-0.4, -0.2) is 28.1 Å². The van der Waals surface area contributed by atoms with E-state index in [9.17, 15) is 9.90 Å². The van der Waals surface area contributed by atoms with Gasteiger partial charge in [-0.15, -0.1) is 0 Å². The molecule has 7 rings (SSSR count). The number of para-hydroxylation sites is 1. The largest absolute Gasteiger partial charge is 0.470 e. The number of hydrogen-bond acceptors (Lipinski definition) is 4. The van der Waals surface area contributed by atoms with Gasteiger partial charge >= 0.3 is 0 Å². The fraction of sp³-hybridized carbons (Fsp3) is 0.677. The van der Waals surface area contributed by atoms with Crippen molar-refractivity contribution in [3.8, 4) is 5.88 Å². The highest BCUT2D eigenvalue weighted by molar-refractivity contribution is 5.83. The standard InChI is InChI=1S/C31H39NO3/c1-30-15-13-20-21-14-16-31(34)17-26(31)23(21)11-10-22(20)24(30)6-4-7-25(30)28(33)18-35-29-12-9-19-5-2-3-8-27(19)32-29/h2-3,5,8-9,12,20-26,34H,4,6-7,10-11,13-18H2,1H3/t20-,21-,22-,23+,24+,25-,26?,30+,31+/m1/s1. The van der Waals surface area contributed by atoms with Gasteiger partial charge in [-0.3, -0.25) is 4.79 Å². The Hall–Kier alpha value is -1.94. The van der Waals surface area contributed by atoms with E-state index in [-0.39, 0.29) is 29.3 Å². The van der Waals surface area contributed by atoms with Crippen LogP contribution in [0.2, 0.25) is 0 Å². The Morgan fingerprint density at radius 1 is 0.943 bits per heavy atom. The predicted molar refractivity (Wildman–Crippen MR) is 136 cm³/mol. The highest BCUT2D eigenvalue weighted by atomic mass is 16.5. The normalized spacial score (nSPS) is 43.9. The lowest BCUT2D eigenvalue weighted by Crippen LogP contribution is -2.54. The Kier molecular flexibility index (Phi) is 5.11. The van der Waals surface area contributed by atoms with Crippen LogP contribution in [0.1, 0.15) is 71.1 Å². The number of Topliss-reactive ketones (excluding diaryl/α,β-unsaturated/α-hetero) is 1. The number of pyridine rings is 1. The molecule has 0 radical (unpaired) electrons. The van der Waals surface area contributed by atoms with Crippen LogP contribution >= 0.6 is 0 Å². The van der Waals surface area contributed by atoms with Crippen molar-refractivity contribution in [2.24, 2.45) is 46.8 Å². The molecule has 1 N–H and O–H groups in total. The molecule has 2 aromatic rings. The first-order valence-corrected chi connectivity index (χ1v) is 14.2. The maximum absolute atomic E-state index is 13.6. The highest BCUT2D eigenvalue weighted by Crippen LogP contribution is 2.68. The summed E-state index contributed by atoms with van der Waals surface area (Å²) in [5.74, 6) is 5.39. The van der Waals surface area contributed by atoms with Gasteiger partial charge in [0.2, 0.25) is 5.88 Å². The van der Waals surface area contributed by atoms with Crippen LogP contribution in [0.4, 0.5) is 0 Å². The third-order valence-corrected chi connectivity index (χ3v) is 11.5. The lowest BCUT2D eigenvalue weighted by Gasteiger charge is -2.60. The molecule has 0 aliphatic heterocycles. The lowest BCUT2D eigenvalue weighted by atomic mass is 9.45. The molecule has 5 saturated carbocycles. The van der Waals surface area contributed by atoms with Crippen molar-refractivity contribution in [2.45, 2.75) is 76.7 Å². The first kappa shape index (κ1) is 22.3. The first-order valence-electron chi connectivity index (χ1n) is 14.2. The molecule has 186 valence electrons. The molecule has 4 nitrogen and oxygen atoms in total. The van der Waals surface area contributed by atoms with E-state index in [1.165, 1.54) is 44.9 Å². The number of ketones is 1. The topological polar surface area (TPSA) is 59.4 Å². The van der Waals surface area contributed by atoms with Gasteiger partial charge in [0.05, 0.1) is 11.1 Å². The SMILES string of the molecule is C[C@]12CC[C@@H]3[C@H]4CC[C@]5(O)CC5[C@H]4CC[C@H]3[C@@H]1CCC[C@@H]2C(=O)COc1ccc2ccccc2n1. The summed E-state index contributed by atoms with van der Waals surface area (Å²) in [6.45, 7) is 2.58. The van der Waals surface area contributed by atoms with E-state index in [0.717, 1.165) is 53.8 Å². The average Bonchev–Trinajstić information content (AvgIpc) is 3.58. The van der Waals surface area contributed by atoms with Gasteiger partial charge < -0.3 is 9.84 Å².